The Labute approximate surface area is 102 Å². The molecule has 1 rings (SSSR count). The van der Waals surface area contributed by atoms with E-state index in [0.29, 0.717) is 0 Å². The Morgan fingerprint density at radius 1 is 1.39 bits per heavy atom. The van der Waals surface area contributed by atoms with Gasteiger partial charge in [-0.2, -0.15) is 0 Å². The summed E-state index contributed by atoms with van der Waals surface area (Å²) in [4.78, 5) is 22.8. The van der Waals surface area contributed by atoms with Crippen LogP contribution in [-0.4, -0.2) is 23.5 Å². The van der Waals surface area contributed by atoms with Gasteiger partial charge in [0, 0.05) is 5.56 Å². The molecule has 0 unspecified atom stereocenters. The molecule has 1 aromatic carbocycles. The number of carbonyl (C=O) groups excluding carboxylic acids is 2. The first-order valence-electron chi connectivity index (χ1n) is 5.21. The molecule has 1 aromatic rings. The van der Waals surface area contributed by atoms with E-state index in [1.807, 2.05) is 0 Å². The summed E-state index contributed by atoms with van der Waals surface area (Å²) in [6, 6.07) is 1.97. The lowest BCUT2D eigenvalue weighted by Crippen LogP contribution is -2.18. The van der Waals surface area contributed by atoms with Crippen LogP contribution in [-0.2, 0) is 9.53 Å². The van der Waals surface area contributed by atoms with Crippen molar-refractivity contribution >= 4 is 11.8 Å². The van der Waals surface area contributed by atoms with E-state index in [9.17, 15) is 23.5 Å². The van der Waals surface area contributed by atoms with Crippen LogP contribution in [0.5, 0.6) is 5.75 Å². The van der Waals surface area contributed by atoms with Crippen LogP contribution in [0.3, 0.4) is 0 Å². The molecule has 0 saturated carbocycles. The van der Waals surface area contributed by atoms with Crippen LogP contribution in [0, 0.1) is 6.92 Å². The van der Waals surface area contributed by atoms with Crippen molar-refractivity contribution in [3.05, 3.63) is 28.8 Å². The van der Waals surface area contributed by atoms with Gasteiger partial charge < -0.3 is 9.84 Å². The lowest BCUT2D eigenvalue weighted by atomic mass is 10.0. The summed E-state index contributed by atoms with van der Waals surface area (Å²) in [5.41, 5.74) is -0.804. The summed E-state index contributed by atoms with van der Waals surface area (Å²) < 4.78 is 29.7. The number of halogens is 2. The number of hydrogen-bond donors (Lipinski definition) is 1. The van der Waals surface area contributed by atoms with Crippen molar-refractivity contribution in [2.24, 2.45) is 0 Å². The fourth-order valence-electron chi connectivity index (χ4n) is 1.42. The Hall–Kier alpha value is -1.98. The van der Waals surface area contributed by atoms with Gasteiger partial charge in [-0.05, 0) is 31.5 Å². The summed E-state index contributed by atoms with van der Waals surface area (Å²) in [5.74, 6) is -2.70. The molecule has 0 aliphatic heterocycles. The number of phenols is 1. The van der Waals surface area contributed by atoms with Crippen LogP contribution in [0.2, 0.25) is 0 Å². The van der Waals surface area contributed by atoms with Crippen LogP contribution >= 0.6 is 0 Å². The van der Waals surface area contributed by atoms with Crippen LogP contribution in [0.1, 0.15) is 34.8 Å². The third-order valence-corrected chi connectivity index (χ3v) is 2.29. The first kappa shape index (κ1) is 14.1. The molecule has 0 heterocycles. The number of hydrogen-bond acceptors (Lipinski definition) is 4. The summed E-state index contributed by atoms with van der Waals surface area (Å²) >= 11 is 0. The molecule has 0 radical (unpaired) electrons. The van der Waals surface area contributed by atoms with Gasteiger partial charge in [-0.15, -0.1) is 0 Å². The molecule has 0 spiro atoms. The number of rotatable bonds is 4. The number of benzene rings is 1. The summed E-state index contributed by atoms with van der Waals surface area (Å²) in [6.07, 6.45) is -2.93. The van der Waals surface area contributed by atoms with Crippen molar-refractivity contribution in [1.29, 1.82) is 0 Å². The Morgan fingerprint density at radius 2 is 2.00 bits per heavy atom. The van der Waals surface area contributed by atoms with Gasteiger partial charge in [0.25, 0.3) is 12.2 Å². The number of ether oxygens (including phenoxy) is 1. The van der Waals surface area contributed by atoms with E-state index in [-0.39, 0.29) is 17.7 Å². The van der Waals surface area contributed by atoms with Crippen molar-refractivity contribution in [2.75, 3.05) is 6.61 Å². The molecule has 6 heteroatoms. The first-order valence-corrected chi connectivity index (χ1v) is 5.21. The lowest BCUT2D eigenvalue weighted by molar-refractivity contribution is -0.137. The van der Waals surface area contributed by atoms with E-state index in [2.05, 4.69) is 4.74 Å². The summed E-state index contributed by atoms with van der Waals surface area (Å²) in [5, 5.41) is 9.41. The molecular formula is C12H12F2O4. The number of aromatic hydroxyl groups is 1. The van der Waals surface area contributed by atoms with Gasteiger partial charge in [-0.25, -0.2) is 13.6 Å². The zero-order valence-corrected chi connectivity index (χ0v) is 9.87. The fourth-order valence-corrected chi connectivity index (χ4v) is 1.42. The molecule has 0 aliphatic rings. The number of carbonyl (C=O) groups is 2. The lowest BCUT2D eigenvalue weighted by Gasteiger charge is -2.09. The maximum atomic E-state index is 12.6. The second-order valence-electron chi connectivity index (χ2n) is 3.58. The van der Waals surface area contributed by atoms with E-state index in [1.165, 1.54) is 19.9 Å². The minimum absolute atomic E-state index is 0.0172. The van der Waals surface area contributed by atoms with E-state index < -0.39 is 29.5 Å². The molecule has 0 aliphatic carbocycles. The summed E-state index contributed by atoms with van der Waals surface area (Å²) in [7, 11) is 0. The molecule has 4 nitrogen and oxygen atoms in total. The van der Waals surface area contributed by atoms with Crippen LogP contribution in [0.15, 0.2) is 12.1 Å². The van der Waals surface area contributed by atoms with Gasteiger partial charge in [0.1, 0.15) is 5.75 Å². The second-order valence-corrected chi connectivity index (χ2v) is 3.58. The molecule has 98 valence electrons. The third kappa shape index (κ3) is 2.82. The zero-order valence-electron chi connectivity index (χ0n) is 9.87. The maximum Gasteiger partial charge on any atom is 0.379 e. The highest BCUT2D eigenvalue weighted by Crippen LogP contribution is 2.32. The van der Waals surface area contributed by atoms with Crippen LogP contribution in [0.25, 0.3) is 0 Å². The van der Waals surface area contributed by atoms with Crippen molar-refractivity contribution < 1.29 is 28.2 Å². The molecule has 0 bridgehead atoms. The monoisotopic (exact) mass is 258 g/mol. The third-order valence-electron chi connectivity index (χ3n) is 2.29. The maximum absolute atomic E-state index is 12.6. The van der Waals surface area contributed by atoms with Gasteiger partial charge >= 0.3 is 5.97 Å². The normalized spacial score (nSPS) is 10.5. The van der Waals surface area contributed by atoms with E-state index in [4.69, 9.17) is 0 Å². The average molecular weight is 258 g/mol. The molecule has 0 amide bonds. The highest BCUT2D eigenvalue weighted by atomic mass is 19.3. The predicted molar refractivity (Wildman–Crippen MR) is 58.8 cm³/mol. The average Bonchev–Trinajstić information content (AvgIpc) is 2.31. The van der Waals surface area contributed by atoms with Crippen molar-refractivity contribution in [3.8, 4) is 5.75 Å². The fraction of sp³-hybridized carbons (Fsp3) is 0.333. The minimum atomic E-state index is -2.93. The smallest absolute Gasteiger partial charge is 0.379 e. The van der Waals surface area contributed by atoms with Gasteiger partial charge in [-0.3, -0.25) is 4.79 Å². The molecular weight excluding hydrogens is 246 g/mol. The van der Waals surface area contributed by atoms with Crippen molar-refractivity contribution in [1.82, 2.24) is 0 Å². The number of alkyl halides is 2. The van der Waals surface area contributed by atoms with Crippen molar-refractivity contribution in [3.63, 3.8) is 0 Å². The predicted octanol–water partition coefficient (Wildman–Crippen LogP) is 2.38. The SMILES string of the molecule is CCOC(=O)C(=O)c1cc(C)c(O)c(C(F)F)c1. The molecule has 18 heavy (non-hydrogen) atoms. The van der Waals surface area contributed by atoms with Crippen molar-refractivity contribution in [2.45, 2.75) is 20.3 Å². The Balaban J connectivity index is 3.19. The number of aryl methyl sites for hydroxylation is 1. The van der Waals surface area contributed by atoms with E-state index in [0.717, 1.165) is 6.07 Å². The summed E-state index contributed by atoms with van der Waals surface area (Å²) in [6.45, 7) is 2.91. The Bertz CT molecular complexity index is 483. The number of Topliss-reactive ketones (excluding diaryl/α,β-unsaturated/α-hetero) is 1. The highest BCUT2D eigenvalue weighted by Gasteiger charge is 2.22. The largest absolute Gasteiger partial charge is 0.507 e. The Kier molecular flexibility index (Phi) is 4.36. The standard InChI is InChI=1S/C12H12F2O4/c1-3-18-12(17)10(16)7-4-6(2)9(15)8(5-7)11(13)14/h4-5,11,15H,3H2,1-2H3. The van der Waals surface area contributed by atoms with E-state index in [1.54, 1.807) is 0 Å². The quantitative estimate of drug-likeness (QED) is 0.511. The minimum Gasteiger partial charge on any atom is -0.507 e. The first-order chi connectivity index (χ1) is 8.38. The number of phenolic OH excluding ortho intramolecular Hbond substituents is 1. The van der Waals surface area contributed by atoms with Gasteiger partial charge in [0.2, 0.25) is 0 Å². The zero-order chi connectivity index (χ0) is 13.9. The van der Waals surface area contributed by atoms with Crippen LogP contribution < -0.4 is 0 Å². The second kappa shape index (κ2) is 5.57. The molecule has 0 fully saturated rings. The van der Waals surface area contributed by atoms with E-state index >= 15 is 0 Å². The topological polar surface area (TPSA) is 63.6 Å². The molecule has 1 N–H and O–H groups in total. The van der Waals surface area contributed by atoms with Gasteiger partial charge in [-0.1, -0.05) is 0 Å². The van der Waals surface area contributed by atoms with Crippen LogP contribution in [0.4, 0.5) is 8.78 Å². The highest BCUT2D eigenvalue weighted by molar-refractivity contribution is 6.40. The number of esters is 1. The Morgan fingerprint density at radius 3 is 2.50 bits per heavy atom. The number of ketones is 1. The van der Waals surface area contributed by atoms with Gasteiger partial charge in [0.05, 0.1) is 12.2 Å². The molecule has 0 atom stereocenters. The molecule has 0 aromatic heterocycles. The molecule has 0 saturated heterocycles. The van der Waals surface area contributed by atoms with Gasteiger partial charge in [0.15, 0.2) is 0 Å².